The third-order valence-corrected chi connectivity index (χ3v) is 6.24. The summed E-state index contributed by atoms with van der Waals surface area (Å²) in [4.78, 5) is 33.6. The zero-order valence-corrected chi connectivity index (χ0v) is 17.4. The summed E-state index contributed by atoms with van der Waals surface area (Å²) in [7, 11) is 0. The molecule has 1 fully saturated rings. The van der Waals surface area contributed by atoms with Gasteiger partial charge in [-0.2, -0.15) is 0 Å². The van der Waals surface area contributed by atoms with E-state index in [2.05, 4.69) is 24.1 Å². The predicted molar refractivity (Wildman–Crippen MR) is 114 cm³/mol. The number of nitrogens with one attached hydrogen (secondary N) is 1. The van der Waals surface area contributed by atoms with Crippen LogP contribution in [0.15, 0.2) is 42.5 Å². The van der Waals surface area contributed by atoms with Crippen molar-refractivity contribution in [3.63, 3.8) is 0 Å². The number of nitrogens with zero attached hydrogens (tertiary/aromatic N) is 2. The van der Waals surface area contributed by atoms with E-state index in [0.29, 0.717) is 23.8 Å². The Kier molecular flexibility index (Phi) is 5.15. The minimum Gasteiger partial charge on any atom is -0.332 e. The summed E-state index contributed by atoms with van der Waals surface area (Å²) in [6, 6.07) is 13.2. The van der Waals surface area contributed by atoms with Crippen molar-refractivity contribution in [1.29, 1.82) is 0 Å². The second kappa shape index (κ2) is 7.62. The summed E-state index contributed by atoms with van der Waals surface area (Å²) < 4.78 is 0. The van der Waals surface area contributed by atoms with Crippen LogP contribution in [0.2, 0.25) is 0 Å². The molecule has 1 spiro atoms. The van der Waals surface area contributed by atoms with Gasteiger partial charge in [-0.1, -0.05) is 51.0 Å². The van der Waals surface area contributed by atoms with E-state index in [1.54, 1.807) is 0 Å². The minimum absolute atomic E-state index is 0.0638. The average molecular weight is 392 g/mol. The zero-order valence-electron chi connectivity index (χ0n) is 17.4. The van der Waals surface area contributed by atoms with Gasteiger partial charge in [-0.15, -0.1) is 0 Å². The largest absolute Gasteiger partial charge is 0.332 e. The predicted octanol–water partition coefficient (Wildman–Crippen LogP) is 4.54. The number of fused-ring (bicyclic) bond motifs is 1. The van der Waals surface area contributed by atoms with Crippen molar-refractivity contribution in [2.75, 3.05) is 11.9 Å². The summed E-state index contributed by atoms with van der Waals surface area (Å²) in [5.74, 6) is 0.504. The minimum atomic E-state index is -0.455. The molecule has 0 radical (unpaired) electrons. The van der Waals surface area contributed by atoms with E-state index in [9.17, 15) is 9.59 Å². The van der Waals surface area contributed by atoms with Crippen LogP contribution < -0.4 is 5.32 Å². The molecule has 1 aliphatic heterocycles. The first-order chi connectivity index (χ1) is 13.9. The van der Waals surface area contributed by atoms with E-state index in [1.807, 2.05) is 54.3 Å². The molecular weight excluding hydrogens is 362 g/mol. The Hall–Kier alpha value is -2.69. The molecule has 0 unspecified atom stereocenters. The topological polar surface area (TPSA) is 62.3 Å². The monoisotopic (exact) mass is 391 g/mol. The lowest BCUT2D eigenvalue weighted by molar-refractivity contribution is -0.121. The number of carbonyl (C=O) groups is 2. The molecule has 1 aliphatic carbocycles. The number of hydrogen-bond donors (Lipinski definition) is 1. The molecular formula is C24H29N3O2. The van der Waals surface area contributed by atoms with Crippen LogP contribution in [0.1, 0.15) is 67.1 Å². The van der Waals surface area contributed by atoms with Crippen LogP contribution in [-0.4, -0.2) is 33.8 Å². The van der Waals surface area contributed by atoms with Crippen LogP contribution >= 0.6 is 0 Å². The van der Waals surface area contributed by atoms with Gasteiger partial charge in [0.05, 0.1) is 11.5 Å². The molecule has 2 heterocycles. The molecule has 5 heteroatoms. The van der Waals surface area contributed by atoms with Crippen molar-refractivity contribution in [2.24, 2.45) is 5.92 Å². The molecule has 1 N–H and O–H groups in total. The molecule has 1 saturated carbocycles. The van der Waals surface area contributed by atoms with Crippen molar-refractivity contribution < 1.29 is 9.59 Å². The maximum atomic E-state index is 13.7. The number of aromatic nitrogens is 1. The van der Waals surface area contributed by atoms with Gasteiger partial charge in [0.15, 0.2) is 0 Å². The summed E-state index contributed by atoms with van der Waals surface area (Å²) in [6.45, 7) is 6.83. The van der Waals surface area contributed by atoms with E-state index in [-0.39, 0.29) is 17.7 Å². The van der Waals surface area contributed by atoms with Gasteiger partial charge in [0.2, 0.25) is 5.91 Å². The average Bonchev–Trinajstić information content (AvgIpc) is 3.15. The standard InChI is InChI=1S/C24H29N3O2/c1-16(2)15-27-23(29)19-11-5-4-10-18(19)21(24(27)13-6-7-14-24)22(28)26-20-12-8-9-17(3)25-20/h4-5,8-12,16,21H,6-7,13-15H2,1-3H3,(H,25,26,28)/t21-/m0/s1. The molecule has 2 amide bonds. The Labute approximate surface area is 172 Å². The van der Waals surface area contributed by atoms with Gasteiger partial charge in [0, 0.05) is 17.8 Å². The highest BCUT2D eigenvalue weighted by Gasteiger charge is 2.55. The molecule has 1 atom stereocenters. The fraction of sp³-hybridized carbons (Fsp3) is 0.458. The third kappa shape index (κ3) is 3.43. The van der Waals surface area contributed by atoms with Gasteiger partial charge in [0.1, 0.15) is 5.82 Å². The fourth-order valence-corrected chi connectivity index (χ4v) is 5.11. The molecule has 5 nitrogen and oxygen atoms in total. The summed E-state index contributed by atoms with van der Waals surface area (Å²) in [5.41, 5.74) is 1.91. The van der Waals surface area contributed by atoms with Crippen molar-refractivity contribution in [3.05, 3.63) is 59.3 Å². The Morgan fingerprint density at radius 3 is 2.59 bits per heavy atom. The number of benzene rings is 1. The van der Waals surface area contributed by atoms with Gasteiger partial charge >= 0.3 is 0 Å². The fourth-order valence-electron chi connectivity index (χ4n) is 5.11. The first kappa shape index (κ1) is 19.6. The Balaban J connectivity index is 1.81. The quantitative estimate of drug-likeness (QED) is 0.832. The van der Waals surface area contributed by atoms with E-state index in [4.69, 9.17) is 0 Å². The van der Waals surface area contributed by atoms with Crippen molar-refractivity contribution in [2.45, 2.75) is 57.9 Å². The first-order valence-corrected chi connectivity index (χ1v) is 10.6. The highest BCUT2D eigenvalue weighted by molar-refractivity contribution is 6.05. The summed E-state index contributed by atoms with van der Waals surface area (Å²) in [6.07, 6.45) is 3.80. The number of amides is 2. The lowest BCUT2D eigenvalue weighted by Crippen LogP contribution is -2.60. The van der Waals surface area contributed by atoms with Crippen molar-refractivity contribution in [3.8, 4) is 0 Å². The van der Waals surface area contributed by atoms with Crippen LogP contribution in [0, 0.1) is 12.8 Å². The molecule has 152 valence electrons. The van der Waals surface area contributed by atoms with E-state index in [0.717, 1.165) is 36.9 Å². The Morgan fingerprint density at radius 1 is 1.17 bits per heavy atom. The lowest BCUT2D eigenvalue weighted by atomic mass is 9.70. The van der Waals surface area contributed by atoms with Crippen LogP contribution in [0.4, 0.5) is 5.82 Å². The molecule has 1 aromatic carbocycles. The zero-order chi connectivity index (χ0) is 20.6. The SMILES string of the molecule is Cc1cccc(NC(=O)[C@@H]2c3ccccc3C(=O)N(CC(C)C)C23CCCC3)n1. The Bertz CT molecular complexity index is 931. The van der Waals surface area contributed by atoms with Gasteiger partial charge < -0.3 is 10.2 Å². The number of carbonyl (C=O) groups excluding carboxylic acids is 2. The van der Waals surface area contributed by atoms with Crippen LogP contribution in [0.3, 0.4) is 0 Å². The maximum Gasteiger partial charge on any atom is 0.254 e. The molecule has 2 aromatic rings. The van der Waals surface area contributed by atoms with Crippen LogP contribution in [-0.2, 0) is 4.79 Å². The molecule has 29 heavy (non-hydrogen) atoms. The number of hydrogen-bond acceptors (Lipinski definition) is 3. The molecule has 1 aromatic heterocycles. The van der Waals surface area contributed by atoms with Gasteiger partial charge in [0.25, 0.3) is 5.91 Å². The smallest absolute Gasteiger partial charge is 0.254 e. The first-order valence-electron chi connectivity index (χ1n) is 10.6. The van der Waals surface area contributed by atoms with E-state index >= 15 is 0 Å². The van der Waals surface area contributed by atoms with Crippen molar-refractivity contribution >= 4 is 17.6 Å². The van der Waals surface area contributed by atoms with Crippen LogP contribution in [0.25, 0.3) is 0 Å². The van der Waals surface area contributed by atoms with Gasteiger partial charge in [-0.25, -0.2) is 4.98 Å². The highest BCUT2D eigenvalue weighted by atomic mass is 16.2. The molecule has 0 saturated heterocycles. The maximum absolute atomic E-state index is 13.7. The number of rotatable bonds is 4. The molecule has 4 rings (SSSR count). The van der Waals surface area contributed by atoms with Gasteiger partial charge in [-0.05, 0) is 49.4 Å². The van der Waals surface area contributed by atoms with Crippen LogP contribution in [0.5, 0.6) is 0 Å². The lowest BCUT2D eigenvalue weighted by Gasteiger charge is -2.50. The van der Waals surface area contributed by atoms with E-state index < -0.39 is 5.54 Å². The number of aryl methyl sites for hydroxylation is 1. The summed E-state index contributed by atoms with van der Waals surface area (Å²) >= 11 is 0. The van der Waals surface area contributed by atoms with Gasteiger partial charge in [-0.3, -0.25) is 9.59 Å². The normalized spacial score (nSPS) is 20.2. The number of pyridine rings is 1. The molecule has 2 aliphatic rings. The van der Waals surface area contributed by atoms with E-state index in [1.165, 1.54) is 0 Å². The number of anilines is 1. The highest BCUT2D eigenvalue weighted by Crippen LogP contribution is 2.50. The second-order valence-electron chi connectivity index (χ2n) is 8.79. The Morgan fingerprint density at radius 2 is 1.90 bits per heavy atom. The summed E-state index contributed by atoms with van der Waals surface area (Å²) in [5, 5.41) is 3.05. The van der Waals surface area contributed by atoms with Crippen molar-refractivity contribution in [1.82, 2.24) is 9.88 Å². The molecule has 0 bridgehead atoms. The second-order valence-corrected chi connectivity index (χ2v) is 8.79. The third-order valence-electron chi connectivity index (χ3n) is 6.24.